The Bertz CT molecular complexity index is 1140. The molecule has 0 bridgehead atoms. The van der Waals surface area contributed by atoms with Gasteiger partial charge in [0.2, 0.25) is 10.0 Å². The van der Waals surface area contributed by atoms with E-state index in [0.717, 1.165) is 0 Å². The zero-order chi connectivity index (χ0) is 23.0. The summed E-state index contributed by atoms with van der Waals surface area (Å²) in [5, 5.41) is 29.6. The minimum absolute atomic E-state index is 0.0535. The molecular formula is C21H21Cl2N3O5S. The highest BCUT2D eigenvalue weighted by Gasteiger charge is 2.40. The number of benzene rings is 2. The molecule has 2 N–H and O–H groups in total. The van der Waals surface area contributed by atoms with Crippen LogP contribution in [-0.4, -0.2) is 72.3 Å². The second-order valence-corrected chi connectivity index (χ2v) is 10.7. The molecule has 2 aliphatic heterocycles. The Morgan fingerprint density at radius 3 is 2.31 bits per heavy atom. The third kappa shape index (κ3) is 4.72. The molecule has 170 valence electrons. The van der Waals surface area contributed by atoms with Gasteiger partial charge in [0, 0.05) is 42.3 Å². The molecule has 0 unspecified atom stereocenters. The first-order valence-corrected chi connectivity index (χ1v) is 12.2. The number of β-amino-alcohol motifs (C(OH)–C–C–N with tert-alkyl or cyclic N) is 2. The topological polar surface area (TPSA) is 114 Å². The van der Waals surface area contributed by atoms with E-state index < -0.39 is 22.2 Å². The van der Waals surface area contributed by atoms with Gasteiger partial charge in [-0.25, -0.2) is 8.42 Å². The minimum Gasteiger partial charge on any atom is -0.456 e. The number of nitriles is 1. The van der Waals surface area contributed by atoms with Crippen LogP contribution in [0.1, 0.15) is 12.0 Å². The summed E-state index contributed by atoms with van der Waals surface area (Å²) >= 11 is 12.0. The maximum absolute atomic E-state index is 13.5. The van der Waals surface area contributed by atoms with Crippen LogP contribution in [0.25, 0.3) is 0 Å². The van der Waals surface area contributed by atoms with E-state index in [1.54, 1.807) is 0 Å². The number of rotatable bonds is 5. The summed E-state index contributed by atoms with van der Waals surface area (Å²) in [5.41, 5.74) is 0.182. The Morgan fingerprint density at radius 2 is 1.69 bits per heavy atom. The van der Waals surface area contributed by atoms with Crippen LogP contribution >= 0.6 is 23.2 Å². The molecule has 0 spiro atoms. The van der Waals surface area contributed by atoms with E-state index in [1.807, 2.05) is 11.0 Å². The molecule has 0 radical (unpaired) electrons. The van der Waals surface area contributed by atoms with Crippen LogP contribution in [0.3, 0.4) is 0 Å². The lowest BCUT2D eigenvalue weighted by atomic mass is 10.2. The van der Waals surface area contributed by atoms with E-state index in [1.165, 1.54) is 40.7 Å². The third-order valence-electron chi connectivity index (χ3n) is 5.68. The standard InChI is InChI=1S/C21H21Cl2N3O5S/c22-14-6-15(23)8-17(7-14)31-20-2-1-13(9-24)5-21(20)32(29,30)26-4-3-16(10-26)25-11-18(27)19(28)12-25/h1-2,5-8,16,18-19,27-28H,3-4,10-12H2/t16-,18-,19-/m0/s1. The largest absolute Gasteiger partial charge is 0.456 e. The first-order valence-electron chi connectivity index (χ1n) is 9.96. The monoisotopic (exact) mass is 497 g/mol. The van der Waals surface area contributed by atoms with Crippen molar-refractivity contribution < 1.29 is 23.4 Å². The van der Waals surface area contributed by atoms with Crippen molar-refractivity contribution in [1.29, 1.82) is 5.26 Å². The molecule has 0 aromatic heterocycles. The van der Waals surface area contributed by atoms with Crippen molar-refractivity contribution in [2.45, 2.75) is 29.6 Å². The number of hydrogen-bond donors (Lipinski definition) is 2. The molecule has 8 nitrogen and oxygen atoms in total. The average molecular weight is 498 g/mol. The summed E-state index contributed by atoms with van der Waals surface area (Å²) in [6.45, 7) is 1.08. The second-order valence-electron chi connectivity index (χ2n) is 7.87. The molecular weight excluding hydrogens is 477 g/mol. The van der Waals surface area contributed by atoms with Crippen molar-refractivity contribution in [3.05, 3.63) is 52.0 Å². The van der Waals surface area contributed by atoms with Crippen LogP contribution in [-0.2, 0) is 10.0 Å². The van der Waals surface area contributed by atoms with Gasteiger partial charge in [0.1, 0.15) is 16.4 Å². The zero-order valence-electron chi connectivity index (χ0n) is 16.9. The Hall–Kier alpha value is -1.90. The Morgan fingerprint density at radius 1 is 1.03 bits per heavy atom. The van der Waals surface area contributed by atoms with Crippen molar-refractivity contribution in [3.63, 3.8) is 0 Å². The normalized spacial score (nSPS) is 24.5. The molecule has 3 atom stereocenters. The van der Waals surface area contributed by atoms with Gasteiger partial charge in [0.15, 0.2) is 0 Å². The number of nitrogens with zero attached hydrogens (tertiary/aromatic N) is 3. The van der Waals surface area contributed by atoms with Gasteiger partial charge in [-0.15, -0.1) is 0 Å². The fourth-order valence-electron chi connectivity index (χ4n) is 4.04. The SMILES string of the molecule is N#Cc1ccc(Oc2cc(Cl)cc(Cl)c2)c(S(=O)(=O)N2CC[C@H](N3C[C@H](O)[C@@H](O)C3)C2)c1. The number of hydrogen-bond acceptors (Lipinski definition) is 7. The molecule has 0 aliphatic carbocycles. The average Bonchev–Trinajstić information content (AvgIpc) is 3.35. The quantitative estimate of drug-likeness (QED) is 0.651. The lowest BCUT2D eigenvalue weighted by molar-refractivity contribution is 0.0572. The first-order chi connectivity index (χ1) is 15.2. The van der Waals surface area contributed by atoms with Gasteiger partial charge in [0.25, 0.3) is 0 Å². The van der Waals surface area contributed by atoms with E-state index in [-0.39, 0.29) is 41.1 Å². The summed E-state index contributed by atoms with van der Waals surface area (Å²) in [5.74, 6) is 0.320. The van der Waals surface area contributed by atoms with Crippen molar-refractivity contribution in [1.82, 2.24) is 9.21 Å². The van der Waals surface area contributed by atoms with Crippen LogP contribution < -0.4 is 4.74 Å². The van der Waals surface area contributed by atoms with Gasteiger partial charge in [-0.1, -0.05) is 23.2 Å². The molecule has 2 heterocycles. The Labute approximate surface area is 196 Å². The van der Waals surface area contributed by atoms with E-state index in [0.29, 0.717) is 29.6 Å². The first kappa shape index (κ1) is 23.3. The maximum atomic E-state index is 13.5. The van der Waals surface area contributed by atoms with Gasteiger partial charge in [-0.05, 0) is 42.8 Å². The van der Waals surface area contributed by atoms with Gasteiger partial charge >= 0.3 is 0 Å². The second kappa shape index (κ2) is 9.15. The van der Waals surface area contributed by atoms with Crippen molar-refractivity contribution >= 4 is 33.2 Å². The molecule has 0 amide bonds. The summed E-state index contributed by atoms with van der Waals surface area (Å²) in [7, 11) is -3.99. The maximum Gasteiger partial charge on any atom is 0.246 e. The number of aliphatic hydroxyl groups excluding tert-OH is 2. The lowest BCUT2D eigenvalue weighted by Crippen LogP contribution is -2.38. The fourth-order valence-corrected chi connectivity index (χ4v) is 6.18. The highest BCUT2D eigenvalue weighted by molar-refractivity contribution is 7.89. The lowest BCUT2D eigenvalue weighted by Gasteiger charge is -2.24. The number of sulfonamides is 1. The van der Waals surface area contributed by atoms with Crippen LogP contribution in [0.4, 0.5) is 0 Å². The third-order valence-corrected chi connectivity index (χ3v) is 8.01. The highest BCUT2D eigenvalue weighted by Crippen LogP contribution is 2.35. The summed E-state index contributed by atoms with van der Waals surface area (Å²) in [6.07, 6.45) is -1.11. The van der Waals surface area contributed by atoms with Crippen molar-refractivity contribution in [3.8, 4) is 17.6 Å². The summed E-state index contributed by atoms with van der Waals surface area (Å²) < 4.78 is 34.2. The van der Waals surface area contributed by atoms with Crippen molar-refractivity contribution in [2.24, 2.45) is 0 Å². The number of ether oxygens (including phenoxy) is 1. The Balaban J connectivity index is 1.62. The molecule has 32 heavy (non-hydrogen) atoms. The fraction of sp³-hybridized carbons (Fsp3) is 0.381. The number of likely N-dealkylation sites (tertiary alicyclic amines) is 1. The summed E-state index contributed by atoms with van der Waals surface area (Å²) in [6, 6.07) is 10.6. The molecule has 0 saturated carbocycles. The molecule has 11 heteroatoms. The van der Waals surface area contributed by atoms with Crippen LogP contribution in [0.2, 0.25) is 10.0 Å². The van der Waals surface area contributed by atoms with E-state index in [2.05, 4.69) is 0 Å². The summed E-state index contributed by atoms with van der Waals surface area (Å²) in [4.78, 5) is 1.77. The molecule has 2 saturated heterocycles. The zero-order valence-corrected chi connectivity index (χ0v) is 19.2. The number of aliphatic hydroxyl groups is 2. The van der Waals surface area contributed by atoms with Crippen LogP contribution in [0.5, 0.6) is 11.5 Å². The predicted octanol–water partition coefficient (Wildman–Crippen LogP) is 2.46. The number of halogens is 2. The van der Waals surface area contributed by atoms with E-state index in [4.69, 9.17) is 27.9 Å². The molecule has 2 aliphatic rings. The van der Waals surface area contributed by atoms with E-state index >= 15 is 0 Å². The van der Waals surface area contributed by atoms with Gasteiger partial charge in [0.05, 0.1) is 23.8 Å². The van der Waals surface area contributed by atoms with Gasteiger partial charge in [-0.2, -0.15) is 9.57 Å². The predicted molar refractivity (Wildman–Crippen MR) is 118 cm³/mol. The smallest absolute Gasteiger partial charge is 0.246 e. The molecule has 2 aromatic carbocycles. The van der Waals surface area contributed by atoms with E-state index in [9.17, 15) is 23.9 Å². The highest BCUT2D eigenvalue weighted by atomic mass is 35.5. The Kier molecular flexibility index (Phi) is 6.66. The van der Waals surface area contributed by atoms with Gasteiger partial charge in [-0.3, -0.25) is 4.90 Å². The molecule has 2 aromatic rings. The van der Waals surface area contributed by atoms with Crippen LogP contribution in [0.15, 0.2) is 41.3 Å². The minimum atomic E-state index is -3.99. The molecule has 2 fully saturated rings. The van der Waals surface area contributed by atoms with Gasteiger partial charge < -0.3 is 14.9 Å². The van der Waals surface area contributed by atoms with Crippen LogP contribution in [0, 0.1) is 11.3 Å². The molecule has 4 rings (SSSR count). The van der Waals surface area contributed by atoms with Crippen molar-refractivity contribution in [2.75, 3.05) is 26.2 Å².